The molecule has 0 heterocycles. The Morgan fingerprint density at radius 3 is 2.92 bits per heavy atom. The highest BCUT2D eigenvalue weighted by atomic mass is 79.9. The second kappa shape index (κ2) is 4.43. The topological polar surface area (TPSA) is 26.0 Å². The zero-order chi connectivity index (χ0) is 8.97. The maximum absolute atomic E-state index is 5.48. The summed E-state index contributed by atoms with van der Waals surface area (Å²) in [4.78, 5) is 0. The summed E-state index contributed by atoms with van der Waals surface area (Å²) in [7, 11) is 0. The summed E-state index contributed by atoms with van der Waals surface area (Å²) in [6.07, 6.45) is 2.09. The fourth-order valence-electron chi connectivity index (χ4n) is 0.940. The highest BCUT2D eigenvalue weighted by Crippen LogP contribution is 2.13. The largest absolute Gasteiger partial charge is 0.327 e. The van der Waals surface area contributed by atoms with Gasteiger partial charge in [0.15, 0.2) is 0 Å². The minimum absolute atomic E-state index is 0.618. The molecule has 0 unspecified atom stereocenters. The van der Waals surface area contributed by atoms with Crippen molar-refractivity contribution in [1.82, 2.24) is 0 Å². The van der Waals surface area contributed by atoms with Gasteiger partial charge in [-0.25, -0.2) is 0 Å². The van der Waals surface area contributed by atoms with E-state index in [1.54, 1.807) is 0 Å². The lowest BCUT2D eigenvalue weighted by molar-refractivity contribution is 1.15. The van der Waals surface area contributed by atoms with E-state index >= 15 is 0 Å². The summed E-state index contributed by atoms with van der Waals surface area (Å²) in [6.45, 7) is 2.65. The van der Waals surface area contributed by atoms with Crippen LogP contribution in [0.3, 0.4) is 0 Å². The van der Waals surface area contributed by atoms with E-state index in [-0.39, 0.29) is 0 Å². The first-order chi connectivity index (χ1) is 5.72. The minimum Gasteiger partial charge on any atom is -0.327 e. The number of nitrogens with two attached hydrogens (primary N) is 1. The molecule has 0 atom stereocenters. The third kappa shape index (κ3) is 2.80. The molecule has 0 saturated heterocycles. The van der Waals surface area contributed by atoms with Crippen molar-refractivity contribution in [3.63, 3.8) is 0 Å². The van der Waals surface area contributed by atoms with E-state index in [1.807, 2.05) is 19.1 Å². The Morgan fingerprint density at radius 2 is 2.33 bits per heavy atom. The van der Waals surface area contributed by atoms with Crippen molar-refractivity contribution >= 4 is 22.0 Å². The van der Waals surface area contributed by atoms with Crippen molar-refractivity contribution in [2.45, 2.75) is 6.92 Å². The van der Waals surface area contributed by atoms with Gasteiger partial charge in [-0.05, 0) is 24.6 Å². The van der Waals surface area contributed by atoms with E-state index in [1.165, 1.54) is 11.1 Å². The second-order valence-electron chi connectivity index (χ2n) is 2.75. The van der Waals surface area contributed by atoms with Gasteiger partial charge in [-0.3, -0.25) is 0 Å². The van der Waals surface area contributed by atoms with Gasteiger partial charge in [0.2, 0.25) is 0 Å². The van der Waals surface area contributed by atoms with Crippen molar-refractivity contribution in [2.24, 2.45) is 5.73 Å². The number of rotatable bonds is 2. The van der Waals surface area contributed by atoms with Crippen LogP contribution in [0.15, 0.2) is 34.3 Å². The lowest BCUT2D eigenvalue weighted by Gasteiger charge is -1.97. The minimum atomic E-state index is 0.618. The average Bonchev–Trinajstić information content (AvgIpc) is 2.04. The van der Waals surface area contributed by atoms with Crippen LogP contribution in [-0.2, 0) is 0 Å². The summed E-state index contributed by atoms with van der Waals surface area (Å²) in [5.74, 6) is 0. The Balaban J connectivity index is 2.89. The monoisotopic (exact) mass is 225 g/mol. The van der Waals surface area contributed by atoms with Crippen molar-refractivity contribution in [3.8, 4) is 0 Å². The molecule has 12 heavy (non-hydrogen) atoms. The smallest absolute Gasteiger partial charge is 0.0181 e. The lowest BCUT2D eigenvalue weighted by atomic mass is 10.1. The first-order valence-electron chi connectivity index (χ1n) is 3.85. The van der Waals surface area contributed by atoms with Crippen LogP contribution in [0, 0.1) is 0 Å². The van der Waals surface area contributed by atoms with Gasteiger partial charge in [0.1, 0.15) is 0 Å². The maximum atomic E-state index is 5.48. The Bertz CT molecular complexity index is 292. The molecule has 0 amide bonds. The van der Waals surface area contributed by atoms with Gasteiger partial charge in [-0.15, -0.1) is 0 Å². The second-order valence-corrected chi connectivity index (χ2v) is 3.67. The van der Waals surface area contributed by atoms with Gasteiger partial charge in [-0.1, -0.05) is 39.7 Å². The molecule has 0 aliphatic heterocycles. The molecule has 0 radical (unpaired) electrons. The molecule has 2 N–H and O–H groups in total. The van der Waals surface area contributed by atoms with E-state index in [0.29, 0.717) is 6.54 Å². The van der Waals surface area contributed by atoms with Crippen molar-refractivity contribution in [1.29, 1.82) is 0 Å². The van der Waals surface area contributed by atoms with E-state index in [4.69, 9.17) is 5.73 Å². The van der Waals surface area contributed by atoms with E-state index in [2.05, 4.69) is 34.1 Å². The number of hydrogen-bond acceptors (Lipinski definition) is 1. The number of hydrogen-bond donors (Lipinski definition) is 1. The summed E-state index contributed by atoms with van der Waals surface area (Å²) >= 11 is 3.41. The van der Waals surface area contributed by atoms with Gasteiger partial charge in [0, 0.05) is 11.0 Å². The predicted molar refractivity (Wildman–Crippen MR) is 56.8 cm³/mol. The van der Waals surface area contributed by atoms with Crippen LogP contribution in [0.5, 0.6) is 0 Å². The van der Waals surface area contributed by atoms with Gasteiger partial charge in [-0.2, -0.15) is 0 Å². The van der Waals surface area contributed by atoms with E-state index in [9.17, 15) is 0 Å². The van der Waals surface area contributed by atoms with Gasteiger partial charge >= 0.3 is 0 Å². The molecule has 0 saturated carbocycles. The molecule has 0 bridgehead atoms. The zero-order valence-corrected chi connectivity index (χ0v) is 8.64. The van der Waals surface area contributed by atoms with Crippen LogP contribution in [0.4, 0.5) is 0 Å². The Hall–Kier alpha value is -0.600. The zero-order valence-electron chi connectivity index (χ0n) is 7.05. The van der Waals surface area contributed by atoms with Gasteiger partial charge in [0.05, 0.1) is 0 Å². The SMILES string of the molecule is CC(=Cc1cccc(Br)c1)CN. The van der Waals surface area contributed by atoms with Crippen molar-refractivity contribution in [3.05, 3.63) is 39.9 Å². The summed E-state index contributed by atoms with van der Waals surface area (Å²) in [6, 6.07) is 8.15. The number of benzene rings is 1. The normalized spacial score (nSPS) is 11.8. The van der Waals surface area contributed by atoms with E-state index in [0.717, 1.165) is 4.47 Å². The summed E-state index contributed by atoms with van der Waals surface area (Å²) in [5.41, 5.74) is 7.85. The Kier molecular flexibility index (Phi) is 3.50. The number of halogens is 1. The molecule has 0 aromatic heterocycles. The molecule has 0 aliphatic rings. The third-order valence-corrected chi connectivity index (χ3v) is 2.08. The van der Waals surface area contributed by atoms with Crippen LogP contribution in [0.2, 0.25) is 0 Å². The molecule has 0 aliphatic carbocycles. The lowest BCUT2D eigenvalue weighted by Crippen LogP contribution is -1.99. The van der Waals surface area contributed by atoms with Crippen LogP contribution >= 0.6 is 15.9 Å². The van der Waals surface area contributed by atoms with Gasteiger partial charge < -0.3 is 5.73 Å². The Morgan fingerprint density at radius 1 is 1.58 bits per heavy atom. The fourth-order valence-corrected chi connectivity index (χ4v) is 1.36. The van der Waals surface area contributed by atoms with Gasteiger partial charge in [0.25, 0.3) is 0 Å². The molecular formula is C10H12BrN. The van der Waals surface area contributed by atoms with Crippen molar-refractivity contribution < 1.29 is 0 Å². The summed E-state index contributed by atoms with van der Waals surface area (Å²) in [5, 5.41) is 0. The van der Waals surface area contributed by atoms with E-state index < -0.39 is 0 Å². The molecule has 1 rings (SSSR count). The Labute approximate surface area is 81.4 Å². The van der Waals surface area contributed by atoms with Crippen LogP contribution in [0.25, 0.3) is 6.08 Å². The summed E-state index contributed by atoms with van der Waals surface area (Å²) < 4.78 is 1.10. The highest BCUT2D eigenvalue weighted by Gasteiger charge is 1.90. The third-order valence-electron chi connectivity index (χ3n) is 1.58. The van der Waals surface area contributed by atoms with Crippen LogP contribution in [0.1, 0.15) is 12.5 Å². The average molecular weight is 226 g/mol. The van der Waals surface area contributed by atoms with Crippen LogP contribution in [-0.4, -0.2) is 6.54 Å². The molecule has 1 aromatic rings. The first kappa shape index (κ1) is 9.49. The molecule has 1 aromatic carbocycles. The molecule has 1 nitrogen and oxygen atoms in total. The molecular weight excluding hydrogens is 214 g/mol. The standard InChI is InChI=1S/C10H12BrN/c1-8(7-12)5-9-3-2-4-10(11)6-9/h2-6H,7,12H2,1H3. The van der Waals surface area contributed by atoms with Crippen LogP contribution < -0.4 is 5.73 Å². The first-order valence-corrected chi connectivity index (χ1v) is 4.64. The quantitative estimate of drug-likeness (QED) is 0.824. The predicted octanol–water partition coefficient (Wildman–Crippen LogP) is 2.81. The fraction of sp³-hybridized carbons (Fsp3) is 0.200. The van der Waals surface area contributed by atoms with Crippen molar-refractivity contribution in [2.75, 3.05) is 6.54 Å². The maximum Gasteiger partial charge on any atom is 0.0181 e. The molecule has 0 spiro atoms. The molecule has 2 heteroatoms. The molecule has 0 fully saturated rings. The highest BCUT2D eigenvalue weighted by molar-refractivity contribution is 9.10. The molecule has 64 valence electrons.